The molecule has 26 heavy (non-hydrogen) atoms. The van der Waals surface area contributed by atoms with Gasteiger partial charge < -0.3 is 33.6 Å². The van der Waals surface area contributed by atoms with Crippen LogP contribution in [0.1, 0.15) is 5.56 Å². The molecule has 0 atom stereocenters. The molecule has 2 rings (SSSR count). The van der Waals surface area contributed by atoms with Gasteiger partial charge in [0.25, 0.3) is 0 Å². The lowest BCUT2D eigenvalue weighted by molar-refractivity contribution is 0.279. The van der Waals surface area contributed by atoms with Crippen LogP contribution in [-0.4, -0.2) is 19.6 Å². The van der Waals surface area contributed by atoms with Crippen LogP contribution in [0.5, 0.6) is 11.5 Å². The Morgan fingerprint density at radius 1 is 0.846 bits per heavy atom. The lowest BCUT2D eigenvalue weighted by Gasteiger charge is -2.16. The Morgan fingerprint density at radius 3 is 1.81 bits per heavy atom. The molecular formula is C11H23IN4O8P2. The van der Waals surface area contributed by atoms with E-state index in [0.29, 0.717) is 0 Å². The Morgan fingerprint density at radius 2 is 1.35 bits per heavy atom. The largest absolute Gasteiger partial charge is 0.524 e. The summed E-state index contributed by atoms with van der Waals surface area (Å²) in [5.74, 6) is -0.171. The molecule has 0 spiro atoms. The monoisotopic (exact) mass is 528 g/mol. The number of phosphoric acid groups is 2. The van der Waals surface area contributed by atoms with E-state index in [4.69, 9.17) is 19.6 Å². The summed E-state index contributed by atoms with van der Waals surface area (Å²) >= 11 is 1.99. The highest BCUT2D eigenvalue weighted by Crippen LogP contribution is 2.48. The van der Waals surface area contributed by atoms with Gasteiger partial charge >= 0.3 is 15.6 Å². The zero-order valence-electron chi connectivity index (χ0n) is 13.8. The molecule has 16 N–H and O–H groups in total. The van der Waals surface area contributed by atoms with Crippen molar-refractivity contribution < 1.29 is 37.8 Å². The van der Waals surface area contributed by atoms with Gasteiger partial charge in [0.15, 0.2) is 0 Å². The Balaban J connectivity index is -0.00000132. The van der Waals surface area contributed by atoms with Gasteiger partial charge in [-0.05, 0) is 59.3 Å². The molecule has 15 heteroatoms. The summed E-state index contributed by atoms with van der Waals surface area (Å²) < 4.78 is 32.2. The summed E-state index contributed by atoms with van der Waals surface area (Å²) in [6, 6.07) is 6.01. The standard InChI is InChI=1S/C11H11IO8P2.4H3N/c1-6-4-10(19-21(13,14)15)9-5-7(12)2-3-8(9)11(6)20-22(16,17)18;;;;/h2-5H,1H3,(H2,13,14,15)(H2,16,17,18);4*1H3. The molecule has 0 amide bonds. The lowest BCUT2D eigenvalue weighted by Crippen LogP contribution is -1.97. The molecule has 0 saturated carbocycles. The minimum absolute atomic E-state index is 0. The summed E-state index contributed by atoms with van der Waals surface area (Å²) in [7, 11) is -9.56. The third-order valence-corrected chi connectivity index (χ3v) is 4.15. The van der Waals surface area contributed by atoms with Crippen LogP contribution in [0.25, 0.3) is 10.8 Å². The van der Waals surface area contributed by atoms with E-state index in [1.165, 1.54) is 19.1 Å². The van der Waals surface area contributed by atoms with Gasteiger partial charge in [-0.2, -0.15) is 0 Å². The molecule has 0 aliphatic rings. The van der Waals surface area contributed by atoms with Crippen molar-refractivity contribution in [3.8, 4) is 11.5 Å². The van der Waals surface area contributed by atoms with Crippen molar-refractivity contribution in [2.45, 2.75) is 6.92 Å². The van der Waals surface area contributed by atoms with Crippen LogP contribution in [-0.2, 0) is 9.13 Å². The quantitative estimate of drug-likeness (QED) is 0.210. The summed E-state index contributed by atoms with van der Waals surface area (Å²) in [5, 5.41) is 0.538. The SMILES string of the molecule is Cc1cc(OP(=O)(O)O)c2cc(I)ccc2c1OP(=O)(O)O.N.N.N.N. The van der Waals surface area contributed by atoms with Crippen molar-refractivity contribution in [2.24, 2.45) is 0 Å². The van der Waals surface area contributed by atoms with Gasteiger partial charge in [0.1, 0.15) is 11.5 Å². The molecular weight excluding hydrogens is 505 g/mol. The third-order valence-electron chi connectivity index (χ3n) is 2.62. The Bertz CT molecular complexity index is 841. The van der Waals surface area contributed by atoms with Crippen LogP contribution < -0.4 is 33.6 Å². The summed E-state index contributed by atoms with van der Waals surface area (Å²) in [4.78, 5) is 35.9. The maximum absolute atomic E-state index is 11.1. The van der Waals surface area contributed by atoms with Crippen LogP contribution in [0.2, 0.25) is 0 Å². The van der Waals surface area contributed by atoms with Crippen molar-refractivity contribution in [2.75, 3.05) is 0 Å². The van der Waals surface area contributed by atoms with Crippen molar-refractivity contribution in [1.29, 1.82) is 0 Å². The van der Waals surface area contributed by atoms with Gasteiger partial charge in [0.2, 0.25) is 0 Å². The van der Waals surface area contributed by atoms with Crippen molar-refractivity contribution in [3.05, 3.63) is 33.4 Å². The number of benzene rings is 2. The van der Waals surface area contributed by atoms with Crippen LogP contribution in [0, 0.1) is 10.5 Å². The second-order valence-corrected chi connectivity index (χ2v) is 7.95. The van der Waals surface area contributed by atoms with Gasteiger partial charge in [-0.3, -0.25) is 19.6 Å². The van der Waals surface area contributed by atoms with Crippen molar-refractivity contribution in [1.82, 2.24) is 24.6 Å². The molecule has 0 fully saturated rings. The second-order valence-electron chi connectivity index (χ2n) is 4.37. The van der Waals surface area contributed by atoms with E-state index in [-0.39, 0.29) is 52.4 Å². The van der Waals surface area contributed by atoms with Crippen molar-refractivity contribution >= 4 is 49.0 Å². The highest BCUT2D eigenvalue weighted by atomic mass is 127. The van der Waals surface area contributed by atoms with Gasteiger partial charge in [-0.1, -0.05) is 0 Å². The molecule has 0 heterocycles. The zero-order valence-corrected chi connectivity index (χ0v) is 17.8. The highest BCUT2D eigenvalue weighted by molar-refractivity contribution is 14.1. The van der Waals surface area contributed by atoms with E-state index in [0.717, 1.165) is 3.57 Å². The number of fused-ring (bicyclic) bond motifs is 1. The maximum Gasteiger partial charge on any atom is 0.524 e. The predicted molar refractivity (Wildman–Crippen MR) is 107 cm³/mol. The molecule has 0 radical (unpaired) electrons. The summed E-state index contributed by atoms with van der Waals surface area (Å²) in [6.45, 7) is 1.48. The molecule has 0 bridgehead atoms. The molecule has 12 nitrogen and oxygen atoms in total. The van der Waals surface area contributed by atoms with Gasteiger partial charge in [0, 0.05) is 14.3 Å². The topological polar surface area (TPSA) is 274 Å². The maximum atomic E-state index is 11.1. The number of phosphoric ester groups is 2. The van der Waals surface area contributed by atoms with E-state index in [1.807, 2.05) is 22.6 Å². The number of rotatable bonds is 4. The fraction of sp³-hybridized carbons (Fsp3) is 0.0909. The van der Waals surface area contributed by atoms with Gasteiger partial charge in [0.05, 0.1) is 0 Å². The van der Waals surface area contributed by atoms with E-state index in [9.17, 15) is 9.13 Å². The summed E-state index contributed by atoms with van der Waals surface area (Å²) in [6.07, 6.45) is 0. The van der Waals surface area contributed by atoms with Gasteiger partial charge in [-0.25, -0.2) is 9.13 Å². The number of hydrogen-bond donors (Lipinski definition) is 8. The third kappa shape index (κ3) is 7.82. The fourth-order valence-corrected chi connectivity index (χ4v) is 3.29. The number of halogens is 1. The molecule has 152 valence electrons. The minimum atomic E-state index is -4.78. The van der Waals surface area contributed by atoms with E-state index >= 15 is 0 Å². The predicted octanol–water partition coefficient (Wildman–Crippen LogP) is 3.34. The van der Waals surface area contributed by atoms with Crippen LogP contribution >= 0.6 is 38.2 Å². The Hall–Kier alpha value is -0.830. The van der Waals surface area contributed by atoms with Crippen LogP contribution in [0.15, 0.2) is 24.3 Å². The second kappa shape index (κ2) is 10.5. The molecule has 2 aromatic rings. The molecule has 0 aliphatic carbocycles. The Kier molecular flexibility index (Phi) is 12.1. The first-order valence-electron chi connectivity index (χ1n) is 5.69. The highest BCUT2D eigenvalue weighted by Gasteiger charge is 2.24. The molecule has 0 aliphatic heterocycles. The summed E-state index contributed by atoms with van der Waals surface area (Å²) in [5.41, 5.74) is 0.264. The van der Waals surface area contributed by atoms with Crippen molar-refractivity contribution in [3.63, 3.8) is 0 Å². The Labute approximate surface area is 163 Å². The molecule has 2 aromatic carbocycles. The molecule has 0 aromatic heterocycles. The molecule has 0 unspecified atom stereocenters. The first kappa shape index (κ1) is 29.9. The van der Waals surface area contributed by atoms with E-state index in [1.54, 1.807) is 12.1 Å². The normalized spacial score (nSPS) is 10.5. The average Bonchev–Trinajstić information content (AvgIpc) is 2.31. The van der Waals surface area contributed by atoms with Crippen LogP contribution in [0.3, 0.4) is 0 Å². The zero-order chi connectivity index (χ0) is 16.7. The molecule has 0 saturated heterocycles. The lowest BCUT2D eigenvalue weighted by atomic mass is 10.1. The van der Waals surface area contributed by atoms with Crippen LogP contribution in [0.4, 0.5) is 0 Å². The van der Waals surface area contributed by atoms with Gasteiger partial charge in [-0.15, -0.1) is 0 Å². The first-order chi connectivity index (χ1) is 9.96. The van der Waals surface area contributed by atoms with E-state index in [2.05, 4.69) is 9.05 Å². The average molecular weight is 528 g/mol. The number of aryl methyl sites for hydroxylation is 1. The first-order valence-corrected chi connectivity index (χ1v) is 9.83. The van der Waals surface area contributed by atoms with E-state index < -0.39 is 15.6 Å². The minimum Gasteiger partial charge on any atom is -0.404 e. The number of hydrogen-bond acceptors (Lipinski definition) is 8. The smallest absolute Gasteiger partial charge is 0.404 e. The fourth-order valence-electron chi connectivity index (χ4n) is 1.91.